The molecule has 0 bridgehead atoms. The van der Waals surface area contributed by atoms with Gasteiger partial charge in [-0.1, -0.05) is 182 Å². The third-order valence-corrected chi connectivity index (χ3v) is 11.7. The van der Waals surface area contributed by atoms with Crippen LogP contribution in [0.25, 0.3) is 88.3 Å². The zero-order chi connectivity index (χ0) is 39.8. The quantitative estimate of drug-likeness (QED) is 0.153. The molecule has 2 heteroatoms. The van der Waals surface area contributed by atoms with Crippen LogP contribution < -0.4 is 4.90 Å². The van der Waals surface area contributed by atoms with Crippen molar-refractivity contribution < 1.29 is 4.42 Å². The average molecular weight is 766 g/mol. The number of nitrogens with zero attached hydrogens (tertiary/aromatic N) is 1. The van der Waals surface area contributed by atoms with Crippen LogP contribution in [0.1, 0.15) is 0 Å². The maximum Gasteiger partial charge on any atom is 0.135 e. The fourth-order valence-electron chi connectivity index (χ4n) is 8.67. The van der Waals surface area contributed by atoms with Gasteiger partial charge >= 0.3 is 0 Å². The second-order valence-electron chi connectivity index (χ2n) is 15.3. The van der Waals surface area contributed by atoms with Crippen molar-refractivity contribution in [3.63, 3.8) is 0 Å². The summed E-state index contributed by atoms with van der Waals surface area (Å²) >= 11 is 0. The largest absolute Gasteiger partial charge is 0.456 e. The van der Waals surface area contributed by atoms with Crippen molar-refractivity contribution in [2.24, 2.45) is 0 Å². The van der Waals surface area contributed by atoms with Crippen molar-refractivity contribution in [2.75, 3.05) is 4.90 Å². The predicted octanol–water partition coefficient (Wildman–Crippen LogP) is 16.5. The Bertz CT molecular complexity index is 3280. The van der Waals surface area contributed by atoms with Gasteiger partial charge in [-0.15, -0.1) is 0 Å². The highest BCUT2D eigenvalue weighted by Crippen LogP contribution is 2.43. The number of fused-ring (bicyclic) bond motifs is 4. The van der Waals surface area contributed by atoms with Crippen LogP contribution in [0.15, 0.2) is 241 Å². The zero-order valence-electron chi connectivity index (χ0n) is 32.9. The second-order valence-corrected chi connectivity index (χ2v) is 15.3. The van der Waals surface area contributed by atoms with Gasteiger partial charge in [-0.25, -0.2) is 0 Å². The molecular formula is C58H39NO. The number of anilines is 3. The summed E-state index contributed by atoms with van der Waals surface area (Å²) < 4.78 is 6.14. The molecule has 0 saturated carbocycles. The normalized spacial score (nSPS) is 11.3. The van der Waals surface area contributed by atoms with E-state index in [1.807, 2.05) is 12.1 Å². The van der Waals surface area contributed by atoms with E-state index < -0.39 is 0 Å². The number of para-hydroxylation sites is 2. The van der Waals surface area contributed by atoms with Gasteiger partial charge in [-0.05, 0) is 115 Å². The van der Waals surface area contributed by atoms with E-state index in [-0.39, 0.29) is 0 Å². The molecule has 282 valence electrons. The highest BCUT2D eigenvalue weighted by molar-refractivity contribution is 6.06. The first-order chi connectivity index (χ1) is 29.7. The molecule has 0 amide bonds. The van der Waals surface area contributed by atoms with Crippen molar-refractivity contribution in [1.82, 2.24) is 0 Å². The van der Waals surface area contributed by atoms with E-state index in [9.17, 15) is 0 Å². The highest BCUT2D eigenvalue weighted by Gasteiger charge is 2.18. The Labute approximate surface area is 349 Å². The molecule has 0 fully saturated rings. The van der Waals surface area contributed by atoms with Crippen LogP contribution in [-0.4, -0.2) is 0 Å². The predicted molar refractivity (Wildman–Crippen MR) is 253 cm³/mol. The molecule has 60 heavy (non-hydrogen) atoms. The fourth-order valence-corrected chi connectivity index (χ4v) is 8.67. The van der Waals surface area contributed by atoms with E-state index in [1.165, 1.54) is 44.2 Å². The molecule has 1 heterocycles. The molecule has 0 saturated heterocycles. The molecular weight excluding hydrogens is 727 g/mol. The van der Waals surface area contributed by atoms with Crippen LogP contribution in [0.2, 0.25) is 0 Å². The van der Waals surface area contributed by atoms with E-state index in [0.29, 0.717) is 0 Å². The van der Waals surface area contributed by atoms with Crippen LogP contribution in [0.4, 0.5) is 17.1 Å². The van der Waals surface area contributed by atoms with Crippen LogP contribution >= 0.6 is 0 Å². The number of hydrogen-bond acceptors (Lipinski definition) is 2. The van der Waals surface area contributed by atoms with Gasteiger partial charge in [0, 0.05) is 27.7 Å². The van der Waals surface area contributed by atoms with Gasteiger partial charge in [0.05, 0.1) is 5.69 Å². The lowest BCUT2D eigenvalue weighted by molar-refractivity contribution is 0.669. The van der Waals surface area contributed by atoms with Crippen LogP contribution in [0.3, 0.4) is 0 Å². The molecule has 0 radical (unpaired) electrons. The summed E-state index contributed by atoms with van der Waals surface area (Å²) in [5, 5.41) is 4.77. The minimum Gasteiger partial charge on any atom is -0.456 e. The van der Waals surface area contributed by atoms with Crippen molar-refractivity contribution in [1.29, 1.82) is 0 Å². The molecule has 11 aromatic rings. The highest BCUT2D eigenvalue weighted by atomic mass is 16.3. The average Bonchev–Trinajstić information content (AvgIpc) is 3.71. The van der Waals surface area contributed by atoms with Gasteiger partial charge in [-0.2, -0.15) is 0 Å². The van der Waals surface area contributed by atoms with E-state index in [1.54, 1.807) is 0 Å². The molecule has 0 spiro atoms. The zero-order valence-corrected chi connectivity index (χ0v) is 32.9. The van der Waals surface area contributed by atoms with Gasteiger partial charge in [-0.3, -0.25) is 0 Å². The van der Waals surface area contributed by atoms with E-state index in [4.69, 9.17) is 4.42 Å². The van der Waals surface area contributed by atoms with Crippen LogP contribution in [0.5, 0.6) is 0 Å². The van der Waals surface area contributed by atoms with Gasteiger partial charge in [0.1, 0.15) is 11.2 Å². The minimum atomic E-state index is 0.903. The minimum absolute atomic E-state index is 0.903. The summed E-state index contributed by atoms with van der Waals surface area (Å²) in [6.45, 7) is 0. The number of furan rings is 1. The first-order valence-corrected chi connectivity index (χ1v) is 20.5. The Morgan fingerprint density at radius 1 is 0.267 bits per heavy atom. The van der Waals surface area contributed by atoms with Gasteiger partial charge < -0.3 is 9.32 Å². The summed E-state index contributed by atoms with van der Waals surface area (Å²) in [6.07, 6.45) is 0. The second kappa shape index (κ2) is 15.1. The molecule has 0 N–H and O–H groups in total. The van der Waals surface area contributed by atoms with E-state index in [0.717, 1.165) is 61.3 Å². The Kier molecular flexibility index (Phi) is 8.87. The SMILES string of the molecule is c1ccc(-c2ccc(-c3ccccc3N(c3ccc(-c4cccc(-c5cccc6ccccc56)c4)cc3)c3ccc(-c4ccc5oc6ccccc6c5c4)cc3)cc2)cc1. The lowest BCUT2D eigenvalue weighted by Gasteiger charge is -2.28. The third kappa shape index (κ3) is 6.51. The molecule has 2 nitrogen and oxygen atoms in total. The van der Waals surface area contributed by atoms with Crippen LogP contribution in [-0.2, 0) is 0 Å². The maximum absolute atomic E-state index is 6.14. The summed E-state index contributed by atoms with van der Waals surface area (Å²) in [4.78, 5) is 2.38. The van der Waals surface area contributed by atoms with Crippen LogP contribution in [0, 0.1) is 0 Å². The molecule has 0 aliphatic heterocycles. The number of benzene rings is 10. The smallest absolute Gasteiger partial charge is 0.135 e. The Hall–Kier alpha value is -7.94. The van der Waals surface area contributed by atoms with E-state index >= 15 is 0 Å². The summed E-state index contributed by atoms with van der Waals surface area (Å²) in [5.74, 6) is 0. The van der Waals surface area contributed by atoms with Crippen molar-refractivity contribution >= 4 is 49.8 Å². The van der Waals surface area contributed by atoms with Crippen molar-refractivity contribution in [3.05, 3.63) is 237 Å². The molecule has 0 unspecified atom stereocenters. The molecule has 1 aromatic heterocycles. The summed E-state index contributed by atoms with van der Waals surface area (Å²) in [7, 11) is 0. The molecule has 0 aliphatic carbocycles. The Balaban J connectivity index is 0.987. The van der Waals surface area contributed by atoms with Crippen molar-refractivity contribution in [2.45, 2.75) is 0 Å². The topological polar surface area (TPSA) is 16.4 Å². The van der Waals surface area contributed by atoms with Gasteiger partial charge in [0.25, 0.3) is 0 Å². The maximum atomic E-state index is 6.14. The van der Waals surface area contributed by atoms with E-state index in [2.05, 4.69) is 229 Å². The number of hydrogen-bond donors (Lipinski definition) is 0. The summed E-state index contributed by atoms with van der Waals surface area (Å²) in [6, 6.07) is 85.0. The lowest BCUT2D eigenvalue weighted by atomic mass is 9.95. The van der Waals surface area contributed by atoms with Gasteiger partial charge in [0.15, 0.2) is 0 Å². The molecule has 10 aromatic carbocycles. The Morgan fingerprint density at radius 2 is 0.750 bits per heavy atom. The monoisotopic (exact) mass is 765 g/mol. The first-order valence-electron chi connectivity index (χ1n) is 20.5. The number of rotatable bonds is 8. The molecule has 0 aliphatic rings. The van der Waals surface area contributed by atoms with Gasteiger partial charge in [0.2, 0.25) is 0 Å². The molecule has 11 rings (SSSR count). The lowest BCUT2D eigenvalue weighted by Crippen LogP contribution is -2.11. The standard InChI is InChI=1S/C58H39NO/c1-2-12-40(13-3-1)41-24-26-45(27-25-41)53-19-6-8-22-56(53)59(50-35-30-43(31-36-50)47-32-37-58-55(39-47)54-20-7-9-23-57(54)60-58)49-33-28-42(29-34-49)46-16-10-17-48(38-46)52-21-11-15-44-14-4-5-18-51(44)52/h1-39H. The third-order valence-electron chi connectivity index (χ3n) is 11.7. The van der Waals surface area contributed by atoms with Crippen molar-refractivity contribution in [3.8, 4) is 55.6 Å². The summed E-state index contributed by atoms with van der Waals surface area (Å²) in [5.41, 5.74) is 16.9. The fraction of sp³-hybridized carbons (Fsp3) is 0. The Morgan fingerprint density at radius 3 is 1.53 bits per heavy atom. The molecule has 0 atom stereocenters. The first kappa shape index (κ1) is 35.2.